The highest BCUT2D eigenvalue weighted by molar-refractivity contribution is 6.10. The molecule has 0 aromatic heterocycles. The molecule has 0 bridgehead atoms. The van der Waals surface area contributed by atoms with E-state index in [2.05, 4.69) is 18.5 Å². The summed E-state index contributed by atoms with van der Waals surface area (Å²) >= 11 is 0. The van der Waals surface area contributed by atoms with Crippen molar-refractivity contribution in [3.8, 4) is 0 Å². The molecular formula is C15H19NO6. The average molecular weight is 309 g/mol. The number of aliphatic hydroxyl groups excluding tert-OH is 1. The standard InChI is InChI=1S/C15H19NO6/c1-3-12(18)11(10-17)9-14(20)16-13(19)7-5-6-8-22-15(21)4-2/h3-4,9,17H,1-2,5-8,10H2,(H,16,19,20). The molecule has 0 rings (SSSR count). The Morgan fingerprint density at radius 3 is 2.32 bits per heavy atom. The Labute approximate surface area is 128 Å². The van der Waals surface area contributed by atoms with E-state index in [-0.39, 0.29) is 18.6 Å². The molecular weight excluding hydrogens is 290 g/mol. The maximum Gasteiger partial charge on any atom is 0.330 e. The quantitative estimate of drug-likeness (QED) is 0.339. The molecule has 0 fully saturated rings. The minimum absolute atomic E-state index is 0.0646. The van der Waals surface area contributed by atoms with Gasteiger partial charge in [-0.3, -0.25) is 19.7 Å². The monoisotopic (exact) mass is 309 g/mol. The molecule has 0 aliphatic rings. The topological polar surface area (TPSA) is 110 Å². The van der Waals surface area contributed by atoms with Crippen molar-refractivity contribution in [3.63, 3.8) is 0 Å². The average Bonchev–Trinajstić information content (AvgIpc) is 2.50. The number of amides is 2. The summed E-state index contributed by atoms with van der Waals surface area (Å²) in [5.41, 5.74) is -0.156. The molecule has 0 atom stereocenters. The highest BCUT2D eigenvalue weighted by atomic mass is 16.5. The van der Waals surface area contributed by atoms with Gasteiger partial charge in [-0.05, 0) is 18.9 Å². The van der Waals surface area contributed by atoms with Crippen molar-refractivity contribution in [2.45, 2.75) is 19.3 Å². The van der Waals surface area contributed by atoms with E-state index in [0.717, 1.165) is 18.2 Å². The fourth-order valence-electron chi connectivity index (χ4n) is 1.34. The molecule has 0 spiro atoms. The summed E-state index contributed by atoms with van der Waals surface area (Å²) in [7, 11) is 0. The number of hydrogen-bond acceptors (Lipinski definition) is 6. The third-order valence-electron chi connectivity index (χ3n) is 2.45. The van der Waals surface area contributed by atoms with Crippen molar-refractivity contribution in [1.82, 2.24) is 5.32 Å². The summed E-state index contributed by atoms with van der Waals surface area (Å²) in [5, 5.41) is 11.0. The van der Waals surface area contributed by atoms with Crippen LogP contribution in [-0.4, -0.2) is 41.9 Å². The van der Waals surface area contributed by atoms with Gasteiger partial charge in [0.05, 0.1) is 13.2 Å². The van der Waals surface area contributed by atoms with Crippen molar-refractivity contribution in [2.75, 3.05) is 13.2 Å². The van der Waals surface area contributed by atoms with Crippen molar-refractivity contribution in [3.05, 3.63) is 37.0 Å². The zero-order valence-electron chi connectivity index (χ0n) is 12.2. The zero-order chi connectivity index (χ0) is 17.0. The minimum Gasteiger partial charge on any atom is -0.463 e. The minimum atomic E-state index is -0.790. The number of carbonyl (C=O) groups excluding carboxylic acids is 4. The molecule has 0 heterocycles. The van der Waals surface area contributed by atoms with E-state index in [1.54, 1.807) is 0 Å². The molecule has 0 saturated heterocycles. The van der Waals surface area contributed by atoms with Gasteiger partial charge >= 0.3 is 5.97 Å². The van der Waals surface area contributed by atoms with Crippen LogP contribution < -0.4 is 5.32 Å². The lowest BCUT2D eigenvalue weighted by Gasteiger charge is -2.03. The van der Waals surface area contributed by atoms with Gasteiger partial charge in [0.15, 0.2) is 5.78 Å². The fourth-order valence-corrected chi connectivity index (χ4v) is 1.34. The zero-order valence-corrected chi connectivity index (χ0v) is 12.2. The molecule has 0 saturated carbocycles. The molecule has 0 aromatic rings. The van der Waals surface area contributed by atoms with E-state index >= 15 is 0 Å². The van der Waals surface area contributed by atoms with E-state index in [1.165, 1.54) is 0 Å². The second kappa shape index (κ2) is 11.2. The first-order valence-corrected chi connectivity index (χ1v) is 6.55. The van der Waals surface area contributed by atoms with Crippen LogP contribution in [0, 0.1) is 0 Å². The smallest absolute Gasteiger partial charge is 0.330 e. The summed E-state index contributed by atoms with van der Waals surface area (Å²) in [6, 6.07) is 0. The first-order valence-electron chi connectivity index (χ1n) is 6.55. The Balaban J connectivity index is 4.10. The molecule has 22 heavy (non-hydrogen) atoms. The molecule has 0 aromatic carbocycles. The number of unbranched alkanes of at least 4 members (excludes halogenated alkanes) is 1. The highest BCUT2D eigenvalue weighted by Crippen LogP contribution is 1.99. The van der Waals surface area contributed by atoms with Crippen LogP contribution in [0.25, 0.3) is 0 Å². The summed E-state index contributed by atoms with van der Waals surface area (Å²) in [4.78, 5) is 44.9. The second-order valence-electron chi connectivity index (χ2n) is 4.14. The number of carbonyl (C=O) groups is 4. The Morgan fingerprint density at radius 2 is 1.77 bits per heavy atom. The van der Waals surface area contributed by atoms with Gasteiger partial charge in [-0.1, -0.05) is 13.2 Å². The molecule has 120 valence electrons. The lowest BCUT2D eigenvalue weighted by molar-refractivity contribution is -0.137. The van der Waals surface area contributed by atoms with Gasteiger partial charge in [0, 0.05) is 24.1 Å². The summed E-state index contributed by atoms with van der Waals surface area (Å²) in [6.45, 7) is 6.01. The number of ketones is 1. The number of aliphatic hydroxyl groups is 1. The highest BCUT2D eigenvalue weighted by Gasteiger charge is 2.10. The number of hydrogen-bond donors (Lipinski definition) is 2. The van der Waals surface area contributed by atoms with Crippen molar-refractivity contribution in [1.29, 1.82) is 0 Å². The largest absolute Gasteiger partial charge is 0.463 e. The summed E-state index contributed by atoms with van der Waals surface area (Å²) in [6.07, 6.45) is 3.81. The second-order valence-corrected chi connectivity index (χ2v) is 4.14. The van der Waals surface area contributed by atoms with Crippen LogP contribution in [0.1, 0.15) is 19.3 Å². The van der Waals surface area contributed by atoms with Gasteiger partial charge in [0.2, 0.25) is 5.91 Å². The summed E-state index contributed by atoms with van der Waals surface area (Å²) < 4.78 is 4.72. The number of esters is 1. The van der Waals surface area contributed by atoms with E-state index < -0.39 is 30.2 Å². The Kier molecular flexibility index (Phi) is 9.87. The van der Waals surface area contributed by atoms with Crippen molar-refractivity contribution < 1.29 is 29.0 Å². The molecule has 7 nitrogen and oxygen atoms in total. The molecule has 2 N–H and O–H groups in total. The van der Waals surface area contributed by atoms with Gasteiger partial charge < -0.3 is 9.84 Å². The van der Waals surface area contributed by atoms with Crippen LogP contribution in [0.15, 0.2) is 37.0 Å². The van der Waals surface area contributed by atoms with Gasteiger partial charge in [-0.15, -0.1) is 0 Å². The van der Waals surface area contributed by atoms with Gasteiger partial charge in [0.1, 0.15) is 0 Å². The SMILES string of the molecule is C=CC(=O)OCCCCC(=O)NC(=O)C=C(CO)C(=O)C=C. The van der Waals surface area contributed by atoms with Crippen LogP contribution in [0.4, 0.5) is 0 Å². The van der Waals surface area contributed by atoms with Crippen molar-refractivity contribution >= 4 is 23.6 Å². The summed E-state index contributed by atoms with van der Waals surface area (Å²) in [5.74, 6) is -2.44. The number of imide groups is 1. The molecule has 0 aliphatic heterocycles. The maximum absolute atomic E-state index is 11.5. The van der Waals surface area contributed by atoms with Gasteiger partial charge in [-0.25, -0.2) is 4.79 Å². The predicted octanol–water partition coefficient (Wildman–Crippen LogP) is 0.203. The van der Waals surface area contributed by atoms with Crippen LogP contribution in [0.3, 0.4) is 0 Å². The molecule has 0 unspecified atom stereocenters. The van der Waals surface area contributed by atoms with Gasteiger partial charge in [0.25, 0.3) is 5.91 Å². The number of nitrogens with one attached hydrogen (secondary N) is 1. The third kappa shape index (κ3) is 8.60. The number of ether oxygens (including phenoxy) is 1. The van der Waals surface area contributed by atoms with E-state index in [1.807, 2.05) is 0 Å². The van der Waals surface area contributed by atoms with Crippen LogP contribution in [0.2, 0.25) is 0 Å². The molecule has 0 aliphatic carbocycles. The number of rotatable bonds is 10. The molecule has 7 heteroatoms. The molecule has 0 radical (unpaired) electrons. The lowest BCUT2D eigenvalue weighted by Crippen LogP contribution is -2.29. The first kappa shape index (κ1) is 19.5. The fraction of sp³-hybridized carbons (Fsp3) is 0.333. The van der Waals surface area contributed by atoms with E-state index in [9.17, 15) is 19.2 Å². The van der Waals surface area contributed by atoms with Crippen molar-refractivity contribution in [2.24, 2.45) is 0 Å². The van der Waals surface area contributed by atoms with Crippen LogP contribution >= 0.6 is 0 Å². The van der Waals surface area contributed by atoms with Gasteiger partial charge in [-0.2, -0.15) is 0 Å². The first-order chi connectivity index (χ1) is 10.4. The van der Waals surface area contributed by atoms with E-state index in [0.29, 0.717) is 12.8 Å². The van der Waals surface area contributed by atoms with E-state index in [4.69, 9.17) is 9.84 Å². The normalized spacial score (nSPS) is 10.5. The Bertz CT molecular complexity index is 492. The lowest BCUT2D eigenvalue weighted by atomic mass is 10.1. The number of allylic oxidation sites excluding steroid dienone is 1. The molecule has 2 amide bonds. The maximum atomic E-state index is 11.5. The third-order valence-corrected chi connectivity index (χ3v) is 2.45. The predicted molar refractivity (Wildman–Crippen MR) is 78.5 cm³/mol. The van der Waals surface area contributed by atoms with Crippen LogP contribution in [0.5, 0.6) is 0 Å². The Morgan fingerprint density at radius 1 is 1.09 bits per heavy atom. The Hall–Kier alpha value is -2.54. The van der Waals surface area contributed by atoms with Crippen LogP contribution in [-0.2, 0) is 23.9 Å².